The van der Waals surface area contributed by atoms with Gasteiger partial charge in [-0.05, 0) is 24.6 Å². The van der Waals surface area contributed by atoms with Gasteiger partial charge in [0.1, 0.15) is 0 Å². The number of rotatable bonds is 0. The molecule has 0 saturated heterocycles. The van der Waals surface area contributed by atoms with Crippen molar-refractivity contribution in [3.8, 4) is 0 Å². The molecule has 2 nitrogen and oxygen atoms in total. The maximum absolute atomic E-state index is 5.90. The van der Waals surface area contributed by atoms with Crippen molar-refractivity contribution in [1.29, 1.82) is 0 Å². The summed E-state index contributed by atoms with van der Waals surface area (Å²) in [7, 11) is 0. The molecule has 2 aromatic rings. The molecule has 0 radical (unpaired) electrons. The predicted octanol–water partition coefficient (Wildman–Crippen LogP) is 3.55. The quantitative estimate of drug-likeness (QED) is 0.686. The summed E-state index contributed by atoms with van der Waals surface area (Å²) >= 11 is 5.90. The molecule has 0 amide bonds. The summed E-state index contributed by atoms with van der Waals surface area (Å²) in [5.41, 5.74) is 2.08. The summed E-state index contributed by atoms with van der Waals surface area (Å²) in [6.45, 7) is 5.98. The number of hydrogen-bond donors (Lipinski definition) is 1. The summed E-state index contributed by atoms with van der Waals surface area (Å²) in [6, 6.07) is 3.84. The molecule has 0 atom stereocenters. The maximum Gasteiger partial charge on any atom is 0.0694 e. The molecular weight excluding hydrogens is 184 g/mol. The highest BCUT2D eigenvalue weighted by Crippen LogP contribution is 2.22. The second kappa shape index (κ2) is 4.28. The lowest BCUT2D eigenvalue weighted by Gasteiger charge is -1.96. The summed E-state index contributed by atoms with van der Waals surface area (Å²) in [5, 5.41) is 8.70. The molecule has 13 heavy (non-hydrogen) atoms. The van der Waals surface area contributed by atoms with Crippen molar-refractivity contribution >= 4 is 22.5 Å². The van der Waals surface area contributed by atoms with E-state index in [1.807, 2.05) is 32.9 Å². The summed E-state index contributed by atoms with van der Waals surface area (Å²) in [6.07, 6.45) is 1.79. The highest BCUT2D eigenvalue weighted by atomic mass is 35.5. The van der Waals surface area contributed by atoms with Crippen LogP contribution in [-0.4, -0.2) is 10.2 Å². The number of H-pyrrole nitrogens is 1. The van der Waals surface area contributed by atoms with E-state index in [0.29, 0.717) is 0 Å². The van der Waals surface area contributed by atoms with E-state index in [4.69, 9.17) is 11.6 Å². The Bertz CT molecular complexity index is 393. The van der Waals surface area contributed by atoms with Crippen LogP contribution in [0, 0.1) is 6.92 Å². The van der Waals surface area contributed by atoms with Crippen LogP contribution in [0.5, 0.6) is 0 Å². The highest BCUT2D eigenvalue weighted by molar-refractivity contribution is 6.32. The molecule has 0 unspecified atom stereocenters. The second-order valence-electron chi connectivity index (χ2n) is 2.51. The van der Waals surface area contributed by atoms with Gasteiger partial charge in [-0.3, -0.25) is 5.10 Å². The zero-order valence-corrected chi connectivity index (χ0v) is 8.81. The average molecular weight is 197 g/mol. The van der Waals surface area contributed by atoms with Crippen LogP contribution < -0.4 is 0 Å². The monoisotopic (exact) mass is 196 g/mol. The Kier molecular flexibility index (Phi) is 3.32. The molecule has 1 aromatic carbocycles. The van der Waals surface area contributed by atoms with Gasteiger partial charge in [-0.1, -0.05) is 25.4 Å². The number of benzene rings is 1. The van der Waals surface area contributed by atoms with E-state index in [1.54, 1.807) is 6.20 Å². The van der Waals surface area contributed by atoms with E-state index in [2.05, 4.69) is 10.2 Å². The van der Waals surface area contributed by atoms with Gasteiger partial charge in [-0.15, -0.1) is 0 Å². The number of nitrogens with one attached hydrogen (secondary N) is 1. The second-order valence-corrected chi connectivity index (χ2v) is 2.91. The Labute approximate surface area is 82.9 Å². The molecule has 3 heteroatoms. The normalized spacial score (nSPS) is 9.54. The van der Waals surface area contributed by atoms with E-state index in [0.717, 1.165) is 21.5 Å². The van der Waals surface area contributed by atoms with Gasteiger partial charge in [0.15, 0.2) is 0 Å². The first-order valence-corrected chi connectivity index (χ1v) is 4.75. The largest absolute Gasteiger partial charge is 0.278 e. The smallest absolute Gasteiger partial charge is 0.0694 e. The van der Waals surface area contributed by atoms with Gasteiger partial charge >= 0.3 is 0 Å². The lowest BCUT2D eigenvalue weighted by molar-refractivity contribution is 1.11. The fraction of sp³-hybridized carbons (Fsp3) is 0.300. The first-order chi connectivity index (χ1) is 6.29. The van der Waals surface area contributed by atoms with Crippen LogP contribution in [0.1, 0.15) is 19.4 Å². The van der Waals surface area contributed by atoms with Crippen LogP contribution in [0.25, 0.3) is 10.9 Å². The van der Waals surface area contributed by atoms with Gasteiger partial charge in [0.2, 0.25) is 0 Å². The lowest BCUT2D eigenvalue weighted by atomic mass is 10.2. The number of nitrogens with zero attached hydrogens (tertiary/aromatic N) is 1. The number of aryl methyl sites for hydroxylation is 1. The van der Waals surface area contributed by atoms with Crippen molar-refractivity contribution in [1.82, 2.24) is 10.2 Å². The average Bonchev–Trinajstić information content (AvgIpc) is 2.63. The molecular formula is C10H13ClN2. The van der Waals surface area contributed by atoms with Crippen molar-refractivity contribution in [3.63, 3.8) is 0 Å². The fourth-order valence-corrected chi connectivity index (χ4v) is 1.29. The van der Waals surface area contributed by atoms with Gasteiger partial charge in [-0.25, -0.2) is 0 Å². The summed E-state index contributed by atoms with van der Waals surface area (Å²) in [4.78, 5) is 0. The summed E-state index contributed by atoms with van der Waals surface area (Å²) in [5.74, 6) is 0. The van der Waals surface area contributed by atoms with E-state index < -0.39 is 0 Å². The minimum Gasteiger partial charge on any atom is -0.278 e. The molecule has 0 aliphatic rings. The molecule has 2 rings (SSSR count). The zero-order valence-electron chi connectivity index (χ0n) is 8.06. The Balaban J connectivity index is 0.000000396. The van der Waals surface area contributed by atoms with Crippen LogP contribution in [0.3, 0.4) is 0 Å². The molecule has 0 aliphatic carbocycles. The third-order valence-electron chi connectivity index (χ3n) is 1.81. The molecule has 0 saturated carbocycles. The van der Waals surface area contributed by atoms with Crippen LogP contribution in [-0.2, 0) is 0 Å². The number of aromatic amines is 1. The standard InChI is InChI=1S/C8H7ClN2.C2H6/c1-5-7(9)3-2-6-4-10-11-8(5)6;1-2/h2-4H,1H3,(H,10,11);1-2H3. The minimum atomic E-state index is 0.779. The molecule has 1 heterocycles. The lowest BCUT2D eigenvalue weighted by Crippen LogP contribution is -1.77. The molecule has 1 aromatic heterocycles. The first kappa shape index (κ1) is 10.1. The Morgan fingerprint density at radius 2 is 2.00 bits per heavy atom. The third kappa shape index (κ3) is 1.83. The van der Waals surface area contributed by atoms with E-state index in [-0.39, 0.29) is 0 Å². The van der Waals surface area contributed by atoms with Crippen molar-refractivity contribution < 1.29 is 0 Å². The Hall–Kier alpha value is -1.02. The maximum atomic E-state index is 5.90. The molecule has 0 spiro atoms. The molecule has 0 bridgehead atoms. The van der Waals surface area contributed by atoms with Crippen LogP contribution in [0.4, 0.5) is 0 Å². The van der Waals surface area contributed by atoms with Crippen molar-refractivity contribution in [2.24, 2.45) is 0 Å². The first-order valence-electron chi connectivity index (χ1n) is 4.37. The van der Waals surface area contributed by atoms with Gasteiger partial charge in [0.05, 0.1) is 11.7 Å². The molecule has 70 valence electrons. The molecule has 0 aliphatic heterocycles. The van der Waals surface area contributed by atoms with E-state index >= 15 is 0 Å². The molecule has 1 N–H and O–H groups in total. The molecule has 0 fully saturated rings. The Morgan fingerprint density at radius 3 is 2.69 bits per heavy atom. The number of hydrogen-bond acceptors (Lipinski definition) is 1. The highest BCUT2D eigenvalue weighted by Gasteiger charge is 2.01. The number of fused-ring (bicyclic) bond motifs is 1. The fourth-order valence-electron chi connectivity index (χ4n) is 1.13. The van der Waals surface area contributed by atoms with E-state index in [1.165, 1.54) is 0 Å². The summed E-state index contributed by atoms with van der Waals surface area (Å²) < 4.78 is 0. The topological polar surface area (TPSA) is 28.7 Å². The Morgan fingerprint density at radius 1 is 1.31 bits per heavy atom. The van der Waals surface area contributed by atoms with Gasteiger partial charge < -0.3 is 0 Å². The van der Waals surface area contributed by atoms with Crippen LogP contribution in [0.2, 0.25) is 5.02 Å². The third-order valence-corrected chi connectivity index (χ3v) is 2.22. The minimum absolute atomic E-state index is 0.779. The van der Waals surface area contributed by atoms with Gasteiger partial charge in [0, 0.05) is 10.4 Å². The van der Waals surface area contributed by atoms with Crippen molar-refractivity contribution in [2.45, 2.75) is 20.8 Å². The number of aromatic nitrogens is 2. The number of halogens is 1. The van der Waals surface area contributed by atoms with Crippen LogP contribution in [0.15, 0.2) is 18.3 Å². The SMILES string of the molecule is CC.Cc1c(Cl)ccc2cn[nH]c12. The van der Waals surface area contributed by atoms with Crippen molar-refractivity contribution in [3.05, 3.63) is 28.9 Å². The van der Waals surface area contributed by atoms with E-state index in [9.17, 15) is 0 Å². The predicted molar refractivity (Wildman–Crippen MR) is 57.2 cm³/mol. The van der Waals surface area contributed by atoms with Crippen molar-refractivity contribution in [2.75, 3.05) is 0 Å². The zero-order chi connectivity index (χ0) is 9.84. The van der Waals surface area contributed by atoms with Gasteiger partial charge in [0.25, 0.3) is 0 Å². The van der Waals surface area contributed by atoms with Gasteiger partial charge in [-0.2, -0.15) is 5.10 Å². The van der Waals surface area contributed by atoms with Crippen LogP contribution >= 0.6 is 11.6 Å².